The molecule has 8 aromatic carbocycles. The lowest BCUT2D eigenvalue weighted by Gasteiger charge is -2.50. The molecule has 2 heterocycles. The maximum atomic E-state index is 2.78. The molecule has 13 rings (SSSR count). The first kappa shape index (κ1) is 39.3. The summed E-state index contributed by atoms with van der Waals surface area (Å²) in [6.45, 7) is 14.8. The summed E-state index contributed by atoms with van der Waals surface area (Å²) in [5.74, 6) is 0. The summed E-state index contributed by atoms with van der Waals surface area (Å²) >= 11 is 0. The second-order valence-corrected chi connectivity index (χ2v) is 21.6. The zero-order valence-electron chi connectivity index (χ0n) is 39.1. The van der Waals surface area contributed by atoms with Crippen LogP contribution in [0.15, 0.2) is 158 Å². The van der Waals surface area contributed by atoms with Gasteiger partial charge in [0.1, 0.15) is 0 Å². The fourth-order valence-corrected chi connectivity index (χ4v) is 15.0. The summed E-state index contributed by atoms with van der Waals surface area (Å²) in [6.07, 6.45) is 9.87. The van der Waals surface area contributed by atoms with Crippen LogP contribution < -0.4 is 9.80 Å². The van der Waals surface area contributed by atoms with Crippen LogP contribution >= 0.6 is 0 Å². The number of hydrogen-bond donors (Lipinski definition) is 0. The van der Waals surface area contributed by atoms with Gasteiger partial charge in [-0.3, -0.25) is 0 Å². The molecule has 0 bridgehead atoms. The van der Waals surface area contributed by atoms with Crippen LogP contribution in [0.4, 0.5) is 22.7 Å². The lowest BCUT2D eigenvalue weighted by Crippen LogP contribution is -2.54. The molecule has 8 aromatic rings. The van der Waals surface area contributed by atoms with Crippen molar-refractivity contribution in [3.05, 3.63) is 202 Å². The number of nitrogens with zero attached hydrogens (tertiary/aromatic N) is 2. The Bertz CT molecular complexity index is 3230. The molecule has 322 valence electrons. The van der Waals surface area contributed by atoms with Gasteiger partial charge in [0.05, 0.1) is 16.5 Å². The van der Waals surface area contributed by atoms with Crippen LogP contribution in [0.5, 0.6) is 0 Å². The molecule has 2 saturated carbocycles. The van der Waals surface area contributed by atoms with E-state index in [1.807, 2.05) is 0 Å². The molecular formula is C63H60N2. The van der Waals surface area contributed by atoms with Crippen molar-refractivity contribution in [2.75, 3.05) is 9.80 Å². The largest absolute Gasteiger partial charge is 0.334 e. The Balaban J connectivity index is 1.12. The van der Waals surface area contributed by atoms with Crippen LogP contribution in [0.3, 0.4) is 0 Å². The van der Waals surface area contributed by atoms with Gasteiger partial charge in [0.25, 0.3) is 0 Å². The molecule has 5 aliphatic rings. The van der Waals surface area contributed by atoms with Gasteiger partial charge in [-0.15, -0.1) is 0 Å². The number of hydrogen-bond acceptors (Lipinski definition) is 2. The first-order valence-corrected chi connectivity index (χ1v) is 24.6. The smallest absolute Gasteiger partial charge is 0.0720 e. The Labute approximate surface area is 386 Å². The summed E-state index contributed by atoms with van der Waals surface area (Å²) in [4.78, 5) is 5.54. The number of fused-ring (bicyclic) bond motifs is 14. The molecule has 2 aliphatic heterocycles. The molecule has 0 amide bonds. The Morgan fingerprint density at radius 2 is 0.892 bits per heavy atom. The van der Waals surface area contributed by atoms with Gasteiger partial charge < -0.3 is 9.80 Å². The molecule has 2 nitrogen and oxygen atoms in total. The van der Waals surface area contributed by atoms with Gasteiger partial charge in [-0.05, 0) is 156 Å². The van der Waals surface area contributed by atoms with E-state index < -0.39 is 5.41 Å². The van der Waals surface area contributed by atoms with Gasteiger partial charge in [0.2, 0.25) is 0 Å². The normalized spacial score (nSPS) is 25.8. The summed E-state index contributed by atoms with van der Waals surface area (Å²) in [5, 5.41) is 5.32. The van der Waals surface area contributed by atoms with Gasteiger partial charge in [0, 0.05) is 33.6 Å². The molecule has 65 heavy (non-hydrogen) atoms. The molecule has 0 aromatic heterocycles. The van der Waals surface area contributed by atoms with Crippen LogP contribution in [-0.4, -0.2) is 11.1 Å². The first-order chi connectivity index (χ1) is 31.5. The SMILES string of the molecule is Cc1ccc2c(c1)C1(C)CCCCC1(C)N2c1ccc2c(c1)C(c1ccccc1)(c1ccccc1)c1c-2c2ccccc2c2cc(N3c4ccc(C)cc4C4(C)CCCCC34C)ccc12. The van der Waals surface area contributed by atoms with Crippen LogP contribution in [0.2, 0.25) is 0 Å². The Kier molecular flexibility index (Phi) is 8.14. The van der Waals surface area contributed by atoms with E-state index in [0.717, 1.165) is 0 Å². The van der Waals surface area contributed by atoms with Crippen molar-refractivity contribution in [2.24, 2.45) is 0 Å². The molecule has 2 fully saturated rings. The van der Waals surface area contributed by atoms with E-state index in [-0.39, 0.29) is 21.9 Å². The van der Waals surface area contributed by atoms with E-state index >= 15 is 0 Å². The molecule has 4 atom stereocenters. The summed E-state index contributed by atoms with van der Waals surface area (Å²) < 4.78 is 0. The zero-order valence-corrected chi connectivity index (χ0v) is 39.1. The number of anilines is 4. The Morgan fingerprint density at radius 3 is 1.46 bits per heavy atom. The van der Waals surface area contributed by atoms with Gasteiger partial charge in [0.15, 0.2) is 0 Å². The summed E-state index contributed by atoms with van der Waals surface area (Å²) in [7, 11) is 0. The fraction of sp³-hybridized carbons (Fsp3) is 0.302. The Hall–Kier alpha value is -6.12. The van der Waals surface area contributed by atoms with Gasteiger partial charge in [-0.2, -0.15) is 0 Å². The predicted molar refractivity (Wildman–Crippen MR) is 274 cm³/mol. The fourth-order valence-electron chi connectivity index (χ4n) is 15.0. The molecule has 0 N–H and O–H groups in total. The minimum Gasteiger partial charge on any atom is -0.334 e. The third-order valence-corrected chi connectivity index (χ3v) is 18.5. The van der Waals surface area contributed by atoms with Crippen LogP contribution in [0, 0.1) is 13.8 Å². The van der Waals surface area contributed by atoms with Crippen molar-refractivity contribution < 1.29 is 0 Å². The second-order valence-electron chi connectivity index (χ2n) is 21.6. The lowest BCUT2D eigenvalue weighted by molar-refractivity contribution is 0.195. The minimum atomic E-state index is -0.578. The van der Waals surface area contributed by atoms with Gasteiger partial charge >= 0.3 is 0 Å². The topological polar surface area (TPSA) is 6.48 Å². The number of benzene rings is 8. The van der Waals surface area contributed by atoms with E-state index in [9.17, 15) is 0 Å². The molecular weight excluding hydrogens is 785 g/mol. The van der Waals surface area contributed by atoms with Crippen molar-refractivity contribution in [1.29, 1.82) is 0 Å². The average molecular weight is 845 g/mol. The highest BCUT2D eigenvalue weighted by Gasteiger charge is 2.59. The maximum absolute atomic E-state index is 2.78. The van der Waals surface area contributed by atoms with Crippen molar-refractivity contribution in [3.63, 3.8) is 0 Å². The highest BCUT2D eigenvalue weighted by atomic mass is 15.3. The van der Waals surface area contributed by atoms with E-state index in [1.54, 1.807) is 0 Å². The molecule has 3 aliphatic carbocycles. The molecule has 0 saturated heterocycles. The van der Waals surface area contributed by atoms with Crippen LogP contribution in [-0.2, 0) is 16.2 Å². The highest BCUT2D eigenvalue weighted by molar-refractivity contribution is 6.20. The van der Waals surface area contributed by atoms with Crippen molar-refractivity contribution >= 4 is 44.3 Å². The number of aryl methyl sites for hydroxylation is 2. The standard InChI is InChI=1S/C63H60N2/c1-41-25-31-55-53(37-41)59(3)33-15-17-35-61(59,5)64(55)45-27-29-49-51(39-45)47-23-13-14-24-48(47)57-50-30-28-46(65-56-32-26-42(2)38-54(56)60(4)34-16-18-36-62(60,65)6)40-52(50)63(58(49)57,43-19-9-7-10-20-43)44-21-11-8-12-22-44/h7-14,19-32,37-40H,15-18,33-36H2,1-6H3. The number of rotatable bonds is 4. The van der Waals surface area contributed by atoms with E-state index in [1.165, 1.54) is 151 Å². The lowest BCUT2D eigenvalue weighted by atomic mass is 9.61. The highest BCUT2D eigenvalue weighted by Crippen LogP contribution is 2.66. The quantitative estimate of drug-likeness (QED) is 0.163. The molecule has 0 radical (unpaired) electrons. The van der Waals surface area contributed by atoms with Crippen LogP contribution in [0.1, 0.15) is 124 Å². The van der Waals surface area contributed by atoms with E-state index in [2.05, 4.69) is 209 Å². The zero-order chi connectivity index (χ0) is 44.1. The maximum Gasteiger partial charge on any atom is 0.0720 e. The van der Waals surface area contributed by atoms with Crippen LogP contribution in [0.25, 0.3) is 32.7 Å². The Morgan fingerprint density at radius 1 is 0.400 bits per heavy atom. The van der Waals surface area contributed by atoms with Crippen molar-refractivity contribution in [2.45, 2.75) is 120 Å². The van der Waals surface area contributed by atoms with Gasteiger partial charge in [-0.25, -0.2) is 0 Å². The third-order valence-electron chi connectivity index (χ3n) is 18.5. The van der Waals surface area contributed by atoms with Crippen molar-refractivity contribution in [3.8, 4) is 11.1 Å². The summed E-state index contributed by atoms with van der Waals surface area (Å²) in [5.41, 5.74) is 18.7. The molecule has 0 spiro atoms. The third kappa shape index (κ3) is 4.86. The molecule has 2 heteroatoms. The van der Waals surface area contributed by atoms with Gasteiger partial charge in [-0.1, -0.05) is 172 Å². The van der Waals surface area contributed by atoms with E-state index in [0.29, 0.717) is 0 Å². The first-order valence-electron chi connectivity index (χ1n) is 24.6. The van der Waals surface area contributed by atoms with E-state index in [4.69, 9.17) is 0 Å². The predicted octanol–water partition coefficient (Wildman–Crippen LogP) is 16.5. The molecule has 4 unspecified atom stereocenters. The van der Waals surface area contributed by atoms with Crippen molar-refractivity contribution in [1.82, 2.24) is 0 Å². The second kappa shape index (κ2) is 13.5. The minimum absolute atomic E-state index is 0.0238. The average Bonchev–Trinajstić information content (AvgIpc) is 3.83. The monoisotopic (exact) mass is 844 g/mol. The summed E-state index contributed by atoms with van der Waals surface area (Å²) in [6, 6.07) is 62.0.